The minimum atomic E-state index is -3.44. The number of carbonyl (C=O) groups is 1. The number of sulfonamides is 1. The van der Waals surface area contributed by atoms with Gasteiger partial charge in [-0.05, 0) is 26.8 Å². The van der Waals surface area contributed by atoms with Crippen molar-refractivity contribution in [1.29, 1.82) is 0 Å². The van der Waals surface area contributed by atoms with Crippen molar-refractivity contribution in [3.8, 4) is 0 Å². The molecule has 19 heavy (non-hydrogen) atoms. The van der Waals surface area contributed by atoms with E-state index in [0.29, 0.717) is 25.6 Å². The number of likely N-dealkylation sites (N-methyl/N-ethyl adjacent to an activating group) is 1. The lowest BCUT2D eigenvalue weighted by atomic mass is 10.2. The first-order valence-corrected chi connectivity index (χ1v) is 8.20. The number of rotatable bonds is 9. The Hall–Kier alpha value is -0.860. The zero-order chi connectivity index (χ0) is 14.9. The lowest BCUT2D eigenvalue weighted by Crippen LogP contribution is -2.41. The van der Waals surface area contributed by atoms with Gasteiger partial charge in [-0.2, -0.15) is 0 Å². The highest BCUT2D eigenvalue weighted by Gasteiger charge is 2.07. The Kier molecular flexibility index (Phi) is 8.70. The predicted molar refractivity (Wildman–Crippen MR) is 76.4 cm³/mol. The highest BCUT2D eigenvalue weighted by molar-refractivity contribution is 7.89. The number of urea groups is 1. The lowest BCUT2D eigenvalue weighted by molar-refractivity contribution is 0.230. The van der Waals surface area contributed by atoms with E-state index >= 15 is 0 Å². The van der Waals surface area contributed by atoms with Gasteiger partial charge in [0, 0.05) is 25.7 Å². The largest absolute Gasteiger partial charge is 0.338 e. The average Bonchev–Trinajstić information content (AvgIpc) is 2.32. The molecule has 0 saturated carbocycles. The van der Waals surface area contributed by atoms with Crippen LogP contribution in [0.2, 0.25) is 0 Å². The molecular formula is C11H26N4O3S. The van der Waals surface area contributed by atoms with Gasteiger partial charge in [0.05, 0.1) is 5.75 Å². The van der Waals surface area contributed by atoms with Crippen LogP contribution >= 0.6 is 0 Å². The lowest BCUT2D eigenvalue weighted by Gasteiger charge is -2.23. The van der Waals surface area contributed by atoms with E-state index in [4.69, 9.17) is 5.14 Å². The molecular weight excluding hydrogens is 268 g/mol. The molecule has 0 saturated heterocycles. The van der Waals surface area contributed by atoms with Gasteiger partial charge in [-0.25, -0.2) is 18.4 Å². The van der Waals surface area contributed by atoms with Crippen molar-refractivity contribution in [1.82, 2.24) is 15.5 Å². The van der Waals surface area contributed by atoms with Crippen LogP contribution in [-0.4, -0.2) is 57.8 Å². The van der Waals surface area contributed by atoms with Crippen LogP contribution in [0, 0.1) is 0 Å². The molecule has 8 heteroatoms. The molecule has 114 valence electrons. The molecule has 2 amide bonds. The van der Waals surface area contributed by atoms with E-state index in [2.05, 4.69) is 29.4 Å². The Morgan fingerprint density at radius 2 is 1.89 bits per heavy atom. The minimum absolute atomic E-state index is 0.121. The Balaban J connectivity index is 3.60. The Labute approximate surface area is 116 Å². The first-order chi connectivity index (χ1) is 8.76. The fourth-order valence-corrected chi connectivity index (χ4v) is 1.96. The number of carbonyl (C=O) groups excluding carboxylic acids is 1. The highest BCUT2D eigenvalue weighted by atomic mass is 32.2. The second kappa shape index (κ2) is 9.11. The molecule has 0 aliphatic heterocycles. The molecule has 4 N–H and O–H groups in total. The summed E-state index contributed by atoms with van der Waals surface area (Å²) in [4.78, 5) is 13.5. The summed E-state index contributed by atoms with van der Waals surface area (Å²) < 4.78 is 21.3. The maximum Gasteiger partial charge on any atom is 0.314 e. The summed E-state index contributed by atoms with van der Waals surface area (Å²) in [5.74, 6) is -0.121. The normalized spacial score (nSPS) is 13.3. The summed E-state index contributed by atoms with van der Waals surface area (Å²) >= 11 is 0. The van der Waals surface area contributed by atoms with Gasteiger partial charge in [-0.1, -0.05) is 6.92 Å². The third kappa shape index (κ3) is 10.7. The van der Waals surface area contributed by atoms with E-state index in [1.165, 1.54) is 0 Å². The van der Waals surface area contributed by atoms with Crippen molar-refractivity contribution in [2.24, 2.45) is 5.14 Å². The third-order valence-electron chi connectivity index (χ3n) is 2.98. The second-order valence-electron chi connectivity index (χ2n) is 4.64. The molecule has 0 aromatic rings. The molecule has 0 aromatic carbocycles. The van der Waals surface area contributed by atoms with Gasteiger partial charge in [0.1, 0.15) is 0 Å². The second-order valence-corrected chi connectivity index (χ2v) is 6.38. The molecule has 1 atom stereocenters. The van der Waals surface area contributed by atoms with Crippen LogP contribution in [0.1, 0.15) is 26.7 Å². The van der Waals surface area contributed by atoms with Crippen LogP contribution in [0.5, 0.6) is 0 Å². The van der Waals surface area contributed by atoms with Crippen LogP contribution in [0.15, 0.2) is 0 Å². The van der Waals surface area contributed by atoms with Crippen molar-refractivity contribution in [3.63, 3.8) is 0 Å². The Morgan fingerprint density at radius 1 is 1.32 bits per heavy atom. The minimum Gasteiger partial charge on any atom is -0.338 e. The molecule has 0 radical (unpaired) electrons. The Bertz CT molecular complexity index is 359. The maximum absolute atomic E-state index is 11.4. The number of nitrogens with two attached hydrogens (primary N) is 1. The van der Waals surface area contributed by atoms with Crippen LogP contribution in [0.3, 0.4) is 0 Å². The molecule has 0 heterocycles. The first-order valence-electron chi connectivity index (χ1n) is 6.48. The van der Waals surface area contributed by atoms with Crippen molar-refractivity contribution in [2.75, 3.05) is 32.4 Å². The highest BCUT2D eigenvalue weighted by Crippen LogP contribution is 1.97. The van der Waals surface area contributed by atoms with E-state index in [1.807, 2.05) is 7.05 Å². The predicted octanol–water partition coefficient (Wildman–Crippen LogP) is -0.305. The van der Waals surface area contributed by atoms with Gasteiger partial charge < -0.3 is 15.5 Å². The van der Waals surface area contributed by atoms with Crippen molar-refractivity contribution < 1.29 is 13.2 Å². The van der Waals surface area contributed by atoms with Crippen LogP contribution < -0.4 is 15.8 Å². The van der Waals surface area contributed by atoms with Crippen molar-refractivity contribution in [3.05, 3.63) is 0 Å². The molecule has 0 aliphatic rings. The quantitative estimate of drug-likeness (QED) is 0.507. The number of hydrogen-bond donors (Lipinski definition) is 3. The van der Waals surface area contributed by atoms with Gasteiger partial charge in [-0.15, -0.1) is 0 Å². The molecule has 0 bridgehead atoms. The molecule has 0 aliphatic carbocycles. The summed E-state index contributed by atoms with van der Waals surface area (Å²) in [7, 11) is -1.43. The number of nitrogens with zero attached hydrogens (tertiary/aromatic N) is 1. The number of amides is 2. The topological polar surface area (TPSA) is 105 Å². The Morgan fingerprint density at radius 3 is 2.42 bits per heavy atom. The van der Waals surface area contributed by atoms with Gasteiger partial charge in [0.25, 0.3) is 0 Å². The molecule has 1 unspecified atom stereocenters. The number of hydrogen-bond acceptors (Lipinski definition) is 4. The smallest absolute Gasteiger partial charge is 0.314 e. The third-order valence-corrected chi connectivity index (χ3v) is 3.84. The van der Waals surface area contributed by atoms with E-state index in [-0.39, 0.29) is 11.8 Å². The zero-order valence-corrected chi connectivity index (χ0v) is 12.8. The fourth-order valence-electron chi connectivity index (χ4n) is 1.42. The standard InChI is InChI=1S/C11H26N4O3S/c1-4-10(2)15(3)8-7-14-11(16)13-6-5-9-19(12,17)18/h10H,4-9H2,1-3H3,(H2,12,17,18)(H2,13,14,16). The van der Waals surface area contributed by atoms with Crippen LogP contribution in [-0.2, 0) is 10.0 Å². The van der Waals surface area contributed by atoms with E-state index in [0.717, 1.165) is 13.0 Å². The fraction of sp³-hybridized carbons (Fsp3) is 0.909. The van der Waals surface area contributed by atoms with Crippen LogP contribution in [0.25, 0.3) is 0 Å². The summed E-state index contributed by atoms with van der Waals surface area (Å²) in [5, 5.41) is 10.1. The van der Waals surface area contributed by atoms with Crippen molar-refractivity contribution >= 4 is 16.1 Å². The molecule has 0 aromatic heterocycles. The van der Waals surface area contributed by atoms with Crippen molar-refractivity contribution in [2.45, 2.75) is 32.7 Å². The van der Waals surface area contributed by atoms with Gasteiger partial charge in [0.15, 0.2) is 0 Å². The van der Waals surface area contributed by atoms with E-state index in [1.54, 1.807) is 0 Å². The SMILES string of the molecule is CCC(C)N(C)CCNC(=O)NCCCS(N)(=O)=O. The number of primary sulfonamides is 1. The zero-order valence-electron chi connectivity index (χ0n) is 12.0. The van der Waals surface area contributed by atoms with E-state index < -0.39 is 10.0 Å². The summed E-state index contributed by atoms with van der Waals surface area (Å²) in [6.07, 6.45) is 1.38. The maximum atomic E-state index is 11.4. The van der Waals surface area contributed by atoms with Gasteiger partial charge in [-0.3, -0.25) is 0 Å². The summed E-state index contributed by atoms with van der Waals surface area (Å²) in [6.45, 7) is 5.88. The number of nitrogens with one attached hydrogen (secondary N) is 2. The first kappa shape index (κ1) is 18.1. The molecule has 7 nitrogen and oxygen atoms in total. The monoisotopic (exact) mass is 294 g/mol. The van der Waals surface area contributed by atoms with E-state index in [9.17, 15) is 13.2 Å². The molecule has 0 fully saturated rings. The molecule has 0 rings (SSSR count). The van der Waals surface area contributed by atoms with Gasteiger partial charge in [0.2, 0.25) is 10.0 Å². The summed E-state index contributed by atoms with van der Waals surface area (Å²) in [6, 6.07) is 0.201. The van der Waals surface area contributed by atoms with Gasteiger partial charge >= 0.3 is 6.03 Å². The average molecular weight is 294 g/mol. The molecule has 0 spiro atoms. The van der Waals surface area contributed by atoms with Crippen LogP contribution in [0.4, 0.5) is 4.79 Å². The summed E-state index contributed by atoms with van der Waals surface area (Å²) in [5.41, 5.74) is 0.